The first-order chi connectivity index (χ1) is 9.82. The topological polar surface area (TPSA) is 83.7 Å². The van der Waals surface area contributed by atoms with E-state index in [1.165, 1.54) is 7.05 Å². The molecule has 1 fully saturated rings. The van der Waals surface area contributed by atoms with Crippen LogP contribution in [0.25, 0.3) is 0 Å². The number of benzene rings is 1. The number of halogens is 1. The highest BCUT2D eigenvalue weighted by atomic mass is 32.2. The summed E-state index contributed by atoms with van der Waals surface area (Å²) in [4.78, 5) is 13.5. The minimum atomic E-state index is -3.86. The summed E-state index contributed by atoms with van der Waals surface area (Å²) in [6.07, 6.45) is 1.88. The van der Waals surface area contributed by atoms with Crippen molar-refractivity contribution in [1.29, 1.82) is 0 Å². The SMILES string of the molecule is CN(CC(=O)N1CCCC1)S(=O)(=O)c1ccc(F)c(N)c1. The van der Waals surface area contributed by atoms with E-state index < -0.39 is 15.8 Å². The van der Waals surface area contributed by atoms with Crippen LogP contribution in [-0.2, 0) is 14.8 Å². The second-order valence-electron chi connectivity index (χ2n) is 5.03. The monoisotopic (exact) mass is 315 g/mol. The lowest BCUT2D eigenvalue weighted by atomic mass is 10.3. The van der Waals surface area contributed by atoms with Crippen molar-refractivity contribution in [2.45, 2.75) is 17.7 Å². The number of carbonyl (C=O) groups excluding carboxylic acids is 1. The quantitative estimate of drug-likeness (QED) is 0.827. The summed E-state index contributed by atoms with van der Waals surface area (Å²) in [5, 5.41) is 0. The van der Waals surface area contributed by atoms with Gasteiger partial charge in [0, 0.05) is 20.1 Å². The predicted octanol–water partition coefficient (Wildman–Crippen LogP) is 0.651. The van der Waals surface area contributed by atoms with Crippen molar-refractivity contribution in [3.63, 3.8) is 0 Å². The Labute approximate surface area is 123 Å². The maximum absolute atomic E-state index is 13.1. The van der Waals surface area contributed by atoms with E-state index in [2.05, 4.69) is 0 Å². The van der Waals surface area contributed by atoms with Gasteiger partial charge in [-0.3, -0.25) is 4.79 Å². The van der Waals surface area contributed by atoms with E-state index in [9.17, 15) is 17.6 Å². The zero-order chi connectivity index (χ0) is 15.6. The van der Waals surface area contributed by atoms with Gasteiger partial charge in [-0.15, -0.1) is 0 Å². The van der Waals surface area contributed by atoms with E-state index in [1.54, 1.807) is 4.90 Å². The third-order valence-electron chi connectivity index (χ3n) is 3.49. The van der Waals surface area contributed by atoms with Gasteiger partial charge in [0.1, 0.15) is 5.82 Å². The Bertz CT molecular complexity index is 642. The highest BCUT2D eigenvalue weighted by molar-refractivity contribution is 7.89. The normalized spacial score (nSPS) is 15.7. The van der Waals surface area contributed by atoms with Crippen LogP contribution in [0.1, 0.15) is 12.8 Å². The third-order valence-corrected chi connectivity index (χ3v) is 5.29. The molecule has 0 saturated carbocycles. The number of hydrogen-bond acceptors (Lipinski definition) is 4. The molecule has 0 bridgehead atoms. The third kappa shape index (κ3) is 3.33. The van der Waals surface area contributed by atoms with Crippen molar-refractivity contribution in [3.8, 4) is 0 Å². The van der Waals surface area contributed by atoms with Gasteiger partial charge < -0.3 is 10.6 Å². The molecule has 1 aromatic rings. The number of nitrogen functional groups attached to an aromatic ring is 1. The van der Waals surface area contributed by atoms with Gasteiger partial charge in [-0.2, -0.15) is 4.31 Å². The maximum atomic E-state index is 13.1. The van der Waals surface area contributed by atoms with Crippen molar-refractivity contribution in [1.82, 2.24) is 9.21 Å². The van der Waals surface area contributed by atoms with Gasteiger partial charge in [-0.05, 0) is 31.0 Å². The largest absolute Gasteiger partial charge is 0.396 e. The summed E-state index contributed by atoms with van der Waals surface area (Å²) >= 11 is 0. The number of rotatable bonds is 4. The molecule has 0 radical (unpaired) electrons. The lowest BCUT2D eigenvalue weighted by molar-refractivity contribution is -0.130. The van der Waals surface area contributed by atoms with E-state index in [0.717, 1.165) is 35.3 Å². The van der Waals surface area contributed by atoms with E-state index in [1.807, 2.05) is 0 Å². The van der Waals surface area contributed by atoms with Crippen molar-refractivity contribution in [2.24, 2.45) is 0 Å². The Morgan fingerprint density at radius 2 is 2.00 bits per heavy atom. The Hall–Kier alpha value is -1.67. The average Bonchev–Trinajstić information content (AvgIpc) is 2.95. The fourth-order valence-electron chi connectivity index (χ4n) is 2.20. The lowest BCUT2D eigenvalue weighted by Gasteiger charge is -2.21. The van der Waals surface area contributed by atoms with E-state index >= 15 is 0 Å². The van der Waals surface area contributed by atoms with Crippen molar-refractivity contribution in [3.05, 3.63) is 24.0 Å². The first kappa shape index (κ1) is 15.7. The molecule has 1 amide bonds. The molecule has 2 rings (SSSR count). The number of likely N-dealkylation sites (N-methyl/N-ethyl adjacent to an activating group) is 1. The predicted molar refractivity (Wildman–Crippen MR) is 76.4 cm³/mol. The molecule has 1 aromatic carbocycles. The summed E-state index contributed by atoms with van der Waals surface area (Å²) in [6, 6.07) is 3.19. The standard InChI is InChI=1S/C13H18FN3O3S/c1-16(9-13(18)17-6-2-3-7-17)21(19,20)10-4-5-11(14)12(15)8-10/h4-5,8H,2-3,6-7,9,15H2,1H3. The molecule has 0 spiro atoms. The lowest BCUT2D eigenvalue weighted by Crippen LogP contribution is -2.39. The number of likely N-dealkylation sites (tertiary alicyclic amines) is 1. The van der Waals surface area contributed by atoms with Crippen LogP contribution in [0.2, 0.25) is 0 Å². The first-order valence-corrected chi connectivity index (χ1v) is 8.05. The van der Waals surface area contributed by atoms with E-state index in [4.69, 9.17) is 5.73 Å². The van der Waals surface area contributed by atoms with Crippen LogP contribution in [-0.4, -0.2) is 50.2 Å². The molecule has 2 N–H and O–H groups in total. The summed E-state index contributed by atoms with van der Waals surface area (Å²) < 4.78 is 38.7. The Balaban J connectivity index is 2.14. The molecule has 0 atom stereocenters. The van der Waals surface area contributed by atoms with Crippen LogP contribution in [0.5, 0.6) is 0 Å². The van der Waals surface area contributed by atoms with Gasteiger partial charge in [0.15, 0.2) is 0 Å². The number of nitrogens with zero attached hydrogens (tertiary/aromatic N) is 2. The van der Waals surface area contributed by atoms with Crippen LogP contribution in [0.3, 0.4) is 0 Å². The van der Waals surface area contributed by atoms with Gasteiger partial charge in [0.2, 0.25) is 15.9 Å². The highest BCUT2D eigenvalue weighted by Gasteiger charge is 2.26. The molecule has 0 aromatic heterocycles. The van der Waals surface area contributed by atoms with Crippen LogP contribution < -0.4 is 5.73 Å². The molecule has 0 aliphatic carbocycles. The summed E-state index contributed by atoms with van der Waals surface area (Å²) in [6.45, 7) is 1.09. The minimum absolute atomic E-state index is 0.127. The summed E-state index contributed by atoms with van der Waals surface area (Å²) in [7, 11) is -2.54. The molecule has 1 saturated heterocycles. The first-order valence-electron chi connectivity index (χ1n) is 6.61. The fraction of sp³-hybridized carbons (Fsp3) is 0.462. The van der Waals surface area contributed by atoms with E-state index in [0.29, 0.717) is 13.1 Å². The second kappa shape index (κ2) is 5.98. The minimum Gasteiger partial charge on any atom is -0.396 e. The molecular formula is C13H18FN3O3S. The van der Waals surface area contributed by atoms with Gasteiger partial charge in [0.25, 0.3) is 0 Å². The molecule has 6 nitrogen and oxygen atoms in total. The molecule has 1 aliphatic rings. The number of carbonyl (C=O) groups is 1. The maximum Gasteiger partial charge on any atom is 0.243 e. The van der Waals surface area contributed by atoms with Crippen molar-refractivity contribution in [2.75, 3.05) is 32.4 Å². The van der Waals surface area contributed by atoms with E-state index in [-0.39, 0.29) is 23.0 Å². The Morgan fingerprint density at radius 3 is 2.57 bits per heavy atom. The molecular weight excluding hydrogens is 297 g/mol. The van der Waals surface area contributed by atoms with Crippen LogP contribution >= 0.6 is 0 Å². The van der Waals surface area contributed by atoms with Gasteiger partial charge >= 0.3 is 0 Å². The average molecular weight is 315 g/mol. The molecule has 8 heteroatoms. The van der Waals surface area contributed by atoms with Crippen molar-refractivity contribution >= 4 is 21.6 Å². The second-order valence-corrected chi connectivity index (χ2v) is 7.08. The Kier molecular flexibility index (Phi) is 4.48. The van der Waals surface area contributed by atoms with Crippen LogP contribution in [0.4, 0.5) is 10.1 Å². The molecule has 1 aliphatic heterocycles. The van der Waals surface area contributed by atoms with Crippen molar-refractivity contribution < 1.29 is 17.6 Å². The molecule has 0 unspecified atom stereocenters. The van der Waals surface area contributed by atoms with Crippen LogP contribution in [0, 0.1) is 5.82 Å². The van der Waals surface area contributed by atoms with Gasteiger partial charge in [0.05, 0.1) is 17.1 Å². The number of anilines is 1. The zero-order valence-corrected chi connectivity index (χ0v) is 12.6. The zero-order valence-electron chi connectivity index (χ0n) is 11.8. The number of sulfonamides is 1. The molecule has 116 valence electrons. The fourth-order valence-corrected chi connectivity index (χ4v) is 3.36. The van der Waals surface area contributed by atoms with Gasteiger partial charge in [-0.25, -0.2) is 12.8 Å². The highest BCUT2D eigenvalue weighted by Crippen LogP contribution is 2.20. The number of amides is 1. The smallest absolute Gasteiger partial charge is 0.243 e. The summed E-state index contributed by atoms with van der Waals surface area (Å²) in [5.41, 5.74) is 5.14. The number of hydrogen-bond donors (Lipinski definition) is 1. The summed E-state index contributed by atoms with van der Waals surface area (Å²) in [5.74, 6) is -0.904. The molecule has 1 heterocycles. The number of nitrogens with two attached hydrogens (primary N) is 1. The van der Waals surface area contributed by atoms with Gasteiger partial charge in [-0.1, -0.05) is 0 Å². The Morgan fingerprint density at radius 1 is 1.38 bits per heavy atom. The van der Waals surface area contributed by atoms with Crippen LogP contribution in [0.15, 0.2) is 23.1 Å². The molecule has 21 heavy (non-hydrogen) atoms.